The smallest absolute Gasteiger partial charge is 0.226 e. The van der Waals surface area contributed by atoms with Gasteiger partial charge in [-0.25, -0.2) is 0 Å². The Morgan fingerprint density at radius 1 is 1.12 bits per heavy atom. The van der Waals surface area contributed by atoms with Crippen molar-refractivity contribution in [2.75, 3.05) is 16.8 Å². The van der Waals surface area contributed by atoms with Gasteiger partial charge in [-0.15, -0.1) is 0 Å². The molecule has 25 heavy (non-hydrogen) atoms. The van der Waals surface area contributed by atoms with Crippen LogP contribution in [0.5, 0.6) is 0 Å². The first-order valence-corrected chi connectivity index (χ1v) is 8.71. The summed E-state index contributed by atoms with van der Waals surface area (Å²) in [6, 6.07) is 10.3. The first-order chi connectivity index (χ1) is 11.8. The lowest BCUT2D eigenvalue weighted by molar-refractivity contribution is -0.117. The van der Waals surface area contributed by atoms with E-state index in [0.29, 0.717) is 15.7 Å². The number of amides is 2. The number of carbonyl (C=O) groups excluding carboxylic acids is 2. The lowest BCUT2D eigenvalue weighted by atomic mass is 10.1. The van der Waals surface area contributed by atoms with Crippen LogP contribution in [-0.2, 0) is 9.59 Å². The molecule has 0 saturated heterocycles. The van der Waals surface area contributed by atoms with Crippen molar-refractivity contribution in [3.63, 3.8) is 0 Å². The van der Waals surface area contributed by atoms with Crippen LogP contribution in [0.25, 0.3) is 0 Å². The fourth-order valence-electron chi connectivity index (χ4n) is 2.40. The van der Waals surface area contributed by atoms with E-state index in [4.69, 9.17) is 34.8 Å². The Morgan fingerprint density at radius 3 is 2.48 bits per heavy atom. The van der Waals surface area contributed by atoms with Crippen molar-refractivity contribution in [2.24, 2.45) is 0 Å². The van der Waals surface area contributed by atoms with Crippen LogP contribution in [0.15, 0.2) is 36.4 Å². The van der Waals surface area contributed by atoms with E-state index in [1.54, 1.807) is 41.3 Å². The number of rotatable bonds is 5. The van der Waals surface area contributed by atoms with E-state index in [1.165, 1.54) is 6.92 Å². The first kappa shape index (κ1) is 19.6. The molecular formula is C18H17Cl3N2O2. The zero-order valence-electron chi connectivity index (χ0n) is 13.8. The zero-order chi connectivity index (χ0) is 18.6. The minimum Gasteiger partial charge on any atom is -0.325 e. The summed E-state index contributed by atoms with van der Waals surface area (Å²) in [5, 5.41) is 3.95. The van der Waals surface area contributed by atoms with E-state index < -0.39 is 0 Å². The zero-order valence-corrected chi connectivity index (χ0v) is 16.0. The van der Waals surface area contributed by atoms with Gasteiger partial charge in [0.2, 0.25) is 11.8 Å². The second-order valence-corrected chi connectivity index (χ2v) is 6.72. The number of benzene rings is 2. The Hall–Kier alpha value is -1.75. The fourth-order valence-corrected chi connectivity index (χ4v) is 2.97. The highest BCUT2D eigenvalue weighted by atomic mass is 35.5. The molecule has 0 aromatic heterocycles. The van der Waals surface area contributed by atoms with Crippen molar-refractivity contribution in [3.05, 3.63) is 57.0 Å². The lowest BCUT2D eigenvalue weighted by Crippen LogP contribution is -2.32. The quantitative estimate of drug-likeness (QED) is 0.738. The molecule has 0 aliphatic rings. The maximum absolute atomic E-state index is 12.2. The van der Waals surface area contributed by atoms with Crippen LogP contribution >= 0.6 is 34.8 Å². The van der Waals surface area contributed by atoms with Gasteiger partial charge in [0.1, 0.15) is 0 Å². The molecule has 0 atom stereocenters. The summed E-state index contributed by atoms with van der Waals surface area (Å²) in [6.45, 7) is 3.56. The average Bonchev–Trinajstić information content (AvgIpc) is 2.53. The molecule has 2 aromatic rings. The number of halogens is 3. The van der Waals surface area contributed by atoms with Crippen LogP contribution in [0.3, 0.4) is 0 Å². The minimum absolute atomic E-state index is 0.116. The molecule has 0 aliphatic carbocycles. The van der Waals surface area contributed by atoms with Gasteiger partial charge in [-0.2, -0.15) is 0 Å². The van der Waals surface area contributed by atoms with E-state index in [0.717, 1.165) is 11.3 Å². The molecule has 0 radical (unpaired) electrons. The van der Waals surface area contributed by atoms with Crippen LogP contribution in [0.2, 0.25) is 15.1 Å². The Balaban J connectivity index is 2.07. The fraction of sp³-hybridized carbons (Fsp3) is 0.222. The number of aryl methyl sites for hydroxylation is 1. The van der Waals surface area contributed by atoms with Crippen molar-refractivity contribution in [2.45, 2.75) is 20.3 Å². The number of anilines is 2. The highest BCUT2D eigenvalue weighted by Gasteiger charge is 2.16. The Kier molecular flexibility index (Phi) is 6.71. The molecular weight excluding hydrogens is 383 g/mol. The summed E-state index contributed by atoms with van der Waals surface area (Å²) in [7, 11) is 0. The summed E-state index contributed by atoms with van der Waals surface area (Å²) < 4.78 is 0. The molecule has 2 aromatic carbocycles. The normalized spacial score (nSPS) is 10.4. The monoisotopic (exact) mass is 398 g/mol. The first-order valence-electron chi connectivity index (χ1n) is 7.57. The molecule has 0 heterocycles. The average molecular weight is 400 g/mol. The summed E-state index contributed by atoms with van der Waals surface area (Å²) in [5.74, 6) is -0.416. The van der Waals surface area contributed by atoms with Gasteiger partial charge in [0.15, 0.2) is 0 Å². The van der Waals surface area contributed by atoms with E-state index in [2.05, 4.69) is 5.32 Å². The third kappa shape index (κ3) is 5.11. The van der Waals surface area contributed by atoms with Crippen molar-refractivity contribution in [1.29, 1.82) is 0 Å². The van der Waals surface area contributed by atoms with Gasteiger partial charge >= 0.3 is 0 Å². The van der Waals surface area contributed by atoms with E-state index >= 15 is 0 Å². The van der Waals surface area contributed by atoms with Crippen molar-refractivity contribution < 1.29 is 9.59 Å². The van der Waals surface area contributed by atoms with E-state index in [9.17, 15) is 9.59 Å². The Morgan fingerprint density at radius 2 is 1.84 bits per heavy atom. The third-order valence-electron chi connectivity index (χ3n) is 3.62. The van der Waals surface area contributed by atoms with Gasteiger partial charge in [-0.3, -0.25) is 9.59 Å². The maximum atomic E-state index is 12.2. The molecule has 0 aliphatic heterocycles. The van der Waals surface area contributed by atoms with Gasteiger partial charge in [0, 0.05) is 30.6 Å². The molecule has 4 nitrogen and oxygen atoms in total. The van der Waals surface area contributed by atoms with Gasteiger partial charge in [-0.05, 0) is 42.8 Å². The van der Waals surface area contributed by atoms with Crippen LogP contribution in [-0.4, -0.2) is 18.4 Å². The Labute approximate surface area is 161 Å². The predicted octanol–water partition coefficient (Wildman–Crippen LogP) is 5.34. The lowest BCUT2D eigenvalue weighted by Gasteiger charge is -2.23. The SMILES string of the molecule is CC(=O)N(CCC(=O)Nc1cccc(Cl)c1Cl)c1ccc(Cl)cc1C. The van der Waals surface area contributed by atoms with Gasteiger partial charge in [0.05, 0.1) is 15.7 Å². The van der Waals surface area contributed by atoms with Gasteiger partial charge in [-0.1, -0.05) is 40.9 Å². The van der Waals surface area contributed by atoms with Crippen LogP contribution < -0.4 is 10.2 Å². The Bertz CT molecular complexity index is 809. The van der Waals surface area contributed by atoms with Crippen LogP contribution in [0.1, 0.15) is 18.9 Å². The molecule has 0 fully saturated rings. The van der Waals surface area contributed by atoms with Crippen LogP contribution in [0.4, 0.5) is 11.4 Å². The molecule has 132 valence electrons. The third-order valence-corrected chi connectivity index (χ3v) is 4.67. The molecule has 2 amide bonds. The molecule has 7 heteroatoms. The maximum Gasteiger partial charge on any atom is 0.226 e. The van der Waals surface area contributed by atoms with Gasteiger partial charge in [0.25, 0.3) is 0 Å². The topological polar surface area (TPSA) is 49.4 Å². The molecule has 0 bridgehead atoms. The summed E-state index contributed by atoms with van der Waals surface area (Å²) in [5.41, 5.74) is 2.03. The predicted molar refractivity (Wildman–Crippen MR) is 104 cm³/mol. The second kappa shape index (κ2) is 8.56. The highest BCUT2D eigenvalue weighted by Crippen LogP contribution is 2.29. The molecule has 0 unspecified atom stereocenters. The molecule has 0 spiro atoms. The van der Waals surface area contributed by atoms with Gasteiger partial charge < -0.3 is 10.2 Å². The van der Waals surface area contributed by atoms with Crippen molar-refractivity contribution in [1.82, 2.24) is 0 Å². The standard InChI is InChI=1S/C18H17Cl3N2O2/c1-11-10-13(19)6-7-16(11)23(12(2)24)9-8-17(25)22-15-5-3-4-14(20)18(15)21/h3-7,10H,8-9H2,1-2H3,(H,22,25). The van der Waals surface area contributed by atoms with Crippen LogP contribution in [0, 0.1) is 6.92 Å². The van der Waals surface area contributed by atoms with E-state index in [1.807, 2.05) is 6.92 Å². The van der Waals surface area contributed by atoms with Crippen molar-refractivity contribution >= 4 is 58.0 Å². The molecule has 1 N–H and O–H groups in total. The number of carbonyl (C=O) groups is 2. The summed E-state index contributed by atoms with van der Waals surface area (Å²) in [6.07, 6.45) is 0.116. The summed E-state index contributed by atoms with van der Waals surface area (Å²) in [4.78, 5) is 25.7. The number of hydrogen-bond donors (Lipinski definition) is 1. The number of hydrogen-bond acceptors (Lipinski definition) is 2. The largest absolute Gasteiger partial charge is 0.325 e. The number of nitrogens with zero attached hydrogens (tertiary/aromatic N) is 1. The minimum atomic E-state index is -0.262. The molecule has 2 rings (SSSR count). The van der Waals surface area contributed by atoms with E-state index in [-0.39, 0.29) is 29.8 Å². The summed E-state index contributed by atoms with van der Waals surface area (Å²) >= 11 is 17.9. The number of nitrogens with one attached hydrogen (secondary N) is 1. The van der Waals surface area contributed by atoms with Crippen molar-refractivity contribution in [3.8, 4) is 0 Å². The second-order valence-electron chi connectivity index (χ2n) is 5.50. The highest BCUT2D eigenvalue weighted by molar-refractivity contribution is 6.44. The molecule has 0 saturated carbocycles.